The summed E-state index contributed by atoms with van der Waals surface area (Å²) < 4.78 is 5.64. The molecule has 0 aromatic heterocycles. The highest BCUT2D eigenvalue weighted by atomic mass is 16.5. The smallest absolute Gasteiger partial charge is 0.251 e. The predicted molar refractivity (Wildman–Crippen MR) is 84.2 cm³/mol. The van der Waals surface area contributed by atoms with Crippen LogP contribution in [0.15, 0.2) is 0 Å². The fourth-order valence-corrected chi connectivity index (χ4v) is 3.25. The number of carbonyl (C=O) groups excluding carboxylic acids is 2. The van der Waals surface area contributed by atoms with Crippen LogP contribution in [-0.4, -0.2) is 55.1 Å². The van der Waals surface area contributed by atoms with Crippen LogP contribution >= 0.6 is 0 Å². The second-order valence-electron chi connectivity index (χ2n) is 6.66. The van der Waals surface area contributed by atoms with Crippen LogP contribution in [0.1, 0.15) is 45.4 Å². The van der Waals surface area contributed by atoms with Crippen LogP contribution < -0.4 is 11.1 Å². The second-order valence-corrected chi connectivity index (χ2v) is 6.66. The molecule has 6 nitrogen and oxygen atoms in total. The molecule has 6 heteroatoms. The van der Waals surface area contributed by atoms with Crippen LogP contribution in [0.2, 0.25) is 0 Å². The van der Waals surface area contributed by atoms with Crippen molar-refractivity contribution < 1.29 is 14.3 Å². The molecule has 126 valence electrons. The van der Waals surface area contributed by atoms with Crippen LogP contribution in [0.3, 0.4) is 0 Å². The van der Waals surface area contributed by atoms with Gasteiger partial charge in [0.1, 0.15) is 5.60 Å². The van der Waals surface area contributed by atoms with Gasteiger partial charge in [-0.15, -0.1) is 0 Å². The van der Waals surface area contributed by atoms with E-state index in [1.54, 1.807) is 0 Å². The number of piperidine rings is 1. The third-order valence-electron chi connectivity index (χ3n) is 4.88. The molecule has 0 radical (unpaired) electrons. The van der Waals surface area contributed by atoms with Crippen molar-refractivity contribution in [2.45, 2.75) is 51.0 Å². The van der Waals surface area contributed by atoms with Gasteiger partial charge in [0.2, 0.25) is 5.91 Å². The Hall–Kier alpha value is -1.14. The Morgan fingerprint density at radius 3 is 2.64 bits per heavy atom. The Morgan fingerprint density at radius 2 is 2.05 bits per heavy atom. The van der Waals surface area contributed by atoms with Gasteiger partial charge < -0.3 is 20.7 Å². The van der Waals surface area contributed by atoms with Gasteiger partial charge in [0.15, 0.2) is 0 Å². The number of ether oxygens (including phenoxy) is 1. The number of hydrogen-bond acceptors (Lipinski definition) is 4. The summed E-state index contributed by atoms with van der Waals surface area (Å²) in [6.07, 6.45) is 5.53. The summed E-state index contributed by atoms with van der Waals surface area (Å²) in [5.74, 6) is -0.119. The number of nitrogens with two attached hydrogens (primary N) is 1. The lowest BCUT2D eigenvalue weighted by atomic mass is 9.95. The Bertz CT molecular complexity index is 386. The molecular weight excluding hydrogens is 282 g/mol. The molecule has 0 aromatic carbocycles. The van der Waals surface area contributed by atoms with Crippen molar-refractivity contribution in [3.8, 4) is 0 Å². The van der Waals surface area contributed by atoms with Crippen molar-refractivity contribution in [2.75, 3.05) is 32.8 Å². The molecule has 2 fully saturated rings. The van der Waals surface area contributed by atoms with Gasteiger partial charge in [0, 0.05) is 19.1 Å². The molecule has 0 spiro atoms. The van der Waals surface area contributed by atoms with Crippen molar-refractivity contribution in [2.24, 2.45) is 11.7 Å². The topological polar surface area (TPSA) is 84.7 Å². The van der Waals surface area contributed by atoms with Gasteiger partial charge in [0.05, 0.1) is 0 Å². The van der Waals surface area contributed by atoms with E-state index >= 15 is 0 Å². The fourth-order valence-electron chi connectivity index (χ4n) is 3.25. The lowest BCUT2D eigenvalue weighted by Crippen LogP contribution is -2.49. The lowest BCUT2D eigenvalue weighted by molar-refractivity contribution is -0.150. The average Bonchev–Trinajstić information content (AvgIpc) is 2.52. The molecule has 2 heterocycles. The predicted octanol–water partition coefficient (Wildman–Crippen LogP) is 0.649. The highest BCUT2D eigenvalue weighted by Gasteiger charge is 2.35. The van der Waals surface area contributed by atoms with E-state index in [-0.39, 0.29) is 17.7 Å². The standard InChI is InChI=1S/C16H29N3O3/c1-16(7-2-3-12-22-16)15(21)18-8-4-9-19-10-5-13(6-11-19)14(17)20/h13H,2-12H2,1H3,(H2,17,20)(H,18,21)/t16-/m0/s1. The fraction of sp³-hybridized carbons (Fsp3) is 0.875. The normalized spacial score (nSPS) is 27.5. The molecule has 2 rings (SSSR count). The minimum absolute atomic E-state index is 0.0136. The van der Waals surface area contributed by atoms with Crippen molar-refractivity contribution in [1.29, 1.82) is 0 Å². The second kappa shape index (κ2) is 7.92. The molecule has 2 amide bonds. The molecular formula is C16H29N3O3. The average molecular weight is 311 g/mol. The van der Waals surface area contributed by atoms with Crippen LogP contribution in [-0.2, 0) is 14.3 Å². The number of rotatable bonds is 6. The summed E-state index contributed by atoms with van der Waals surface area (Å²) in [6.45, 7) is 6.02. The van der Waals surface area contributed by atoms with E-state index in [2.05, 4.69) is 10.2 Å². The van der Waals surface area contributed by atoms with E-state index in [9.17, 15) is 9.59 Å². The number of carbonyl (C=O) groups is 2. The minimum atomic E-state index is -0.641. The van der Waals surface area contributed by atoms with E-state index < -0.39 is 5.60 Å². The highest BCUT2D eigenvalue weighted by molar-refractivity contribution is 5.84. The first-order valence-corrected chi connectivity index (χ1v) is 8.45. The van der Waals surface area contributed by atoms with Crippen LogP contribution in [0, 0.1) is 5.92 Å². The van der Waals surface area contributed by atoms with Crippen molar-refractivity contribution >= 4 is 11.8 Å². The van der Waals surface area contributed by atoms with Gasteiger partial charge in [-0.2, -0.15) is 0 Å². The van der Waals surface area contributed by atoms with Gasteiger partial charge in [-0.05, 0) is 65.1 Å². The van der Waals surface area contributed by atoms with E-state index in [1.807, 2.05) is 6.92 Å². The number of hydrogen-bond donors (Lipinski definition) is 2. The van der Waals surface area contributed by atoms with Gasteiger partial charge in [0.25, 0.3) is 5.91 Å². The van der Waals surface area contributed by atoms with Crippen LogP contribution in [0.25, 0.3) is 0 Å². The summed E-state index contributed by atoms with van der Waals surface area (Å²) in [4.78, 5) is 25.6. The zero-order chi connectivity index (χ0) is 16.0. The van der Waals surface area contributed by atoms with Gasteiger partial charge in [-0.1, -0.05) is 0 Å². The third-order valence-corrected chi connectivity index (χ3v) is 4.88. The first kappa shape index (κ1) is 17.2. The maximum absolute atomic E-state index is 12.2. The summed E-state index contributed by atoms with van der Waals surface area (Å²) in [5, 5.41) is 2.99. The molecule has 0 bridgehead atoms. The summed E-state index contributed by atoms with van der Waals surface area (Å²) in [6, 6.07) is 0. The molecule has 3 N–H and O–H groups in total. The molecule has 0 aliphatic carbocycles. The molecule has 0 unspecified atom stereocenters. The Morgan fingerprint density at radius 1 is 1.32 bits per heavy atom. The molecule has 0 aromatic rings. The molecule has 2 saturated heterocycles. The Balaban J connectivity index is 1.59. The number of amides is 2. The number of likely N-dealkylation sites (tertiary alicyclic amines) is 1. The monoisotopic (exact) mass is 311 g/mol. The van der Waals surface area contributed by atoms with Gasteiger partial charge in [-0.25, -0.2) is 0 Å². The first-order chi connectivity index (χ1) is 10.5. The van der Waals surface area contributed by atoms with E-state index in [0.717, 1.165) is 58.2 Å². The lowest BCUT2D eigenvalue weighted by Gasteiger charge is -2.33. The summed E-state index contributed by atoms with van der Waals surface area (Å²) >= 11 is 0. The van der Waals surface area contributed by atoms with E-state index in [4.69, 9.17) is 10.5 Å². The van der Waals surface area contributed by atoms with Crippen molar-refractivity contribution in [3.63, 3.8) is 0 Å². The van der Waals surface area contributed by atoms with Crippen LogP contribution in [0.5, 0.6) is 0 Å². The summed E-state index contributed by atoms with van der Waals surface area (Å²) in [5.41, 5.74) is 4.69. The molecule has 2 aliphatic rings. The van der Waals surface area contributed by atoms with Crippen molar-refractivity contribution in [1.82, 2.24) is 10.2 Å². The van der Waals surface area contributed by atoms with Crippen LogP contribution in [0.4, 0.5) is 0 Å². The molecule has 2 aliphatic heterocycles. The number of nitrogens with one attached hydrogen (secondary N) is 1. The zero-order valence-corrected chi connectivity index (χ0v) is 13.6. The van der Waals surface area contributed by atoms with Gasteiger partial charge in [-0.3, -0.25) is 9.59 Å². The first-order valence-electron chi connectivity index (χ1n) is 8.45. The van der Waals surface area contributed by atoms with Gasteiger partial charge >= 0.3 is 0 Å². The number of nitrogens with zero attached hydrogens (tertiary/aromatic N) is 1. The number of primary amides is 1. The van der Waals surface area contributed by atoms with E-state index in [0.29, 0.717) is 13.2 Å². The third kappa shape index (κ3) is 4.68. The molecule has 22 heavy (non-hydrogen) atoms. The summed E-state index contributed by atoms with van der Waals surface area (Å²) in [7, 11) is 0. The largest absolute Gasteiger partial charge is 0.369 e. The van der Waals surface area contributed by atoms with Crippen molar-refractivity contribution in [3.05, 3.63) is 0 Å². The molecule has 0 saturated carbocycles. The minimum Gasteiger partial charge on any atom is -0.369 e. The zero-order valence-electron chi connectivity index (χ0n) is 13.6. The Kier molecular flexibility index (Phi) is 6.20. The molecule has 1 atom stereocenters. The van der Waals surface area contributed by atoms with E-state index in [1.165, 1.54) is 0 Å². The maximum Gasteiger partial charge on any atom is 0.251 e. The SMILES string of the molecule is C[C@@]1(C(=O)NCCCN2CCC(C(N)=O)CC2)CCCCO1. The quantitative estimate of drug-likeness (QED) is 0.705. The Labute approximate surface area is 132 Å². The maximum atomic E-state index is 12.2. The highest BCUT2D eigenvalue weighted by Crippen LogP contribution is 2.24.